The quantitative estimate of drug-likeness (QED) is 0.819. The van der Waals surface area contributed by atoms with Crippen LogP contribution < -0.4 is 10.2 Å². The highest BCUT2D eigenvalue weighted by molar-refractivity contribution is 6.07. The second-order valence-corrected chi connectivity index (χ2v) is 7.34. The number of hydrazine groups is 1. The van der Waals surface area contributed by atoms with Gasteiger partial charge in [0.1, 0.15) is 5.75 Å². The maximum Gasteiger partial charge on any atom is 0.279 e. The second kappa shape index (κ2) is 6.09. The summed E-state index contributed by atoms with van der Waals surface area (Å²) in [5, 5.41) is 0.867. The van der Waals surface area contributed by atoms with E-state index < -0.39 is 23.8 Å². The van der Waals surface area contributed by atoms with Gasteiger partial charge in [-0.1, -0.05) is 6.07 Å². The average molecular weight is 358 g/mol. The molecule has 4 rings (SSSR count). The van der Waals surface area contributed by atoms with Crippen molar-refractivity contribution in [2.75, 3.05) is 0 Å². The predicted octanol–water partition coefficient (Wildman–Crippen LogP) is 1.26. The van der Waals surface area contributed by atoms with E-state index in [1.54, 1.807) is 13.0 Å². The van der Waals surface area contributed by atoms with Crippen LogP contribution in [-0.4, -0.2) is 41.0 Å². The van der Waals surface area contributed by atoms with Crippen molar-refractivity contribution in [3.63, 3.8) is 0 Å². The van der Waals surface area contributed by atoms with Crippen molar-refractivity contribution < 1.29 is 23.9 Å². The molecule has 3 amide bonds. The zero-order valence-corrected chi connectivity index (χ0v) is 15.0. The fourth-order valence-corrected chi connectivity index (χ4v) is 4.07. The second-order valence-electron chi connectivity index (χ2n) is 7.34. The minimum absolute atomic E-state index is 0.201. The molecule has 0 spiro atoms. The summed E-state index contributed by atoms with van der Waals surface area (Å²) in [6, 6.07) is 5.56. The normalized spacial score (nSPS) is 30.5. The molecule has 3 aliphatic heterocycles. The molecule has 26 heavy (non-hydrogen) atoms. The first-order valence-electron chi connectivity index (χ1n) is 8.94. The third-order valence-electron chi connectivity index (χ3n) is 5.67. The van der Waals surface area contributed by atoms with Crippen molar-refractivity contribution in [2.24, 2.45) is 11.8 Å². The van der Waals surface area contributed by atoms with Gasteiger partial charge in [-0.3, -0.25) is 19.8 Å². The number of aryl methyl sites for hydroxylation is 2. The van der Waals surface area contributed by atoms with Gasteiger partial charge in [-0.25, -0.2) is 0 Å². The lowest BCUT2D eigenvalue weighted by Crippen LogP contribution is -2.51. The minimum Gasteiger partial charge on any atom is -0.481 e. The van der Waals surface area contributed by atoms with Crippen LogP contribution in [0.1, 0.15) is 30.9 Å². The highest BCUT2D eigenvalue weighted by Gasteiger charge is 2.63. The summed E-state index contributed by atoms with van der Waals surface area (Å²) < 4.78 is 11.3. The van der Waals surface area contributed by atoms with E-state index in [9.17, 15) is 14.4 Å². The van der Waals surface area contributed by atoms with Crippen LogP contribution in [-0.2, 0) is 19.1 Å². The Bertz CT molecular complexity index is 764. The smallest absolute Gasteiger partial charge is 0.279 e. The number of nitrogens with zero attached hydrogens (tertiary/aromatic N) is 1. The molecule has 0 saturated carbocycles. The van der Waals surface area contributed by atoms with Gasteiger partial charge in [0.25, 0.3) is 17.7 Å². The number of fused-ring (bicyclic) bond motifs is 5. The number of ether oxygens (including phenoxy) is 2. The van der Waals surface area contributed by atoms with E-state index in [0.717, 1.165) is 29.0 Å². The zero-order chi connectivity index (χ0) is 18.6. The average Bonchev–Trinajstić information content (AvgIpc) is 3.28. The van der Waals surface area contributed by atoms with E-state index in [2.05, 4.69) is 5.43 Å². The van der Waals surface area contributed by atoms with Crippen LogP contribution in [0.15, 0.2) is 18.2 Å². The molecule has 3 aliphatic rings. The van der Waals surface area contributed by atoms with Crippen LogP contribution in [0.3, 0.4) is 0 Å². The summed E-state index contributed by atoms with van der Waals surface area (Å²) in [6.45, 7) is 5.54. The zero-order valence-electron chi connectivity index (χ0n) is 15.0. The number of imide groups is 1. The van der Waals surface area contributed by atoms with Crippen molar-refractivity contribution in [3.05, 3.63) is 29.3 Å². The molecule has 0 aliphatic carbocycles. The highest BCUT2D eigenvalue weighted by Crippen LogP contribution is 2.48. The van der Waals surface area contributed by atoms with Crippen LogP contribution in [0, 0.1) is 25.7 Å². The van der Waals surface area contributed by atoms with E-state index in [-0.39, 0.29) is 24.0 Å². The molecule has 1 aromatic carbocycles. The Labute approximate surface area is 151 Å². The SMILES string of the molecule is Cc1ccc(O[C@H](C)C(=O)NN2C(=O)[C@@H]3[C@H](C2=O)[C@@H]2CC[C@H]3O2)cc1C. The van der Waals surface area contributed by atoms with Gasteiger partial charge in [0.15, 0.2) is 6.10 Å². The van der Waals surface area contributed by atoms with Crippen molar-refractivity contribution in [1.29, 1.82) is 0 Å². The molecule has 3 saturated heterocycles. The van der Waals surface area contributed by atoms with Crippen LogP contribution >= 0.6 is 0 Å². The molecule has 138 valence electrons. The summed E-state index contributed by atoms with van der Waals surface area (Å²) in [5.41, 5.74) is 4.63. The van der Waals surface area contributed by atoms with E-state index in [4.69, 9.17) is 9.47 Å². The maximum absolute atomic E-state index is 12.6. The third kappa shape index (κ3) is 2.58. The fraction of sp³-hybridized carbons (Fsp3) is 0.526. The van der Waals surface area contributed by atoms with E-state index in [1.807, 2.05) is 26.0 Å². The first kappa shape index (κ1) is 17.0. The van der Waals surface area contributed by atoms with E-state index in [1.165, 1.54) is 0 Å². The van der Waals surface area contributed by atoms with Gasteiger partial charge in [0.05, 0.1) is 24.0 Å². The van der Waals surface area contributed by atoms with Crippen LogP contribution in [0.25, 0.3) is 0 Å². The Kier molecular flexibility index (Phi) is 3.99. The summed E-state index contributed by atoms with van der Waals surface area (Å²) in [6.07, 6.45) is 0.337. The van der Waals surface area contributed by atoms with Gasteiger partial charge in [0, 0.05) is 0 Å². The monoisotopic (exact) mass is 358 g/mol. The first-order chi connectivity index (χ1) is 12.4. The lowest BCUT2D eigenvalue weighted by atomic mass is 9.81. The number of nitrogens with one attached hydrogen (secondary N) is 1. The molecule has 2 bridgehead atoms. The summed E-state index contributed by atoms with van der Waals surface area (Å²) >= 11 is 0. The van der Waals surface area contributed by atoms with Crippen molar-refractivity contribution in [3.8, 4) is 5.75 Å². The summed E-state index contributed by atoms with van der Waals surface area (Å²) in [7, 11) is 0. The maximum atomic E-state index is 12.6. The van der Waals surface area contributed by atoms with Crippen LogP contribution in [0.5, 0.6) is 5.75 Å². The van der Waals surface area contributed by atoms with Crippen LogP contribution in [0.2, 0.25) is 0 Å². The molecular formula is C19H22N2O5. The summed E-state index contributed by atoms with van der Waals surface area (Å²) in [5.74, 6) is -1.63. The molecule has 1 aromatic rings. The highest BCUT2D eigenvalue weighted by atomic mass is 16.5. The predicted molar refractivity (Wildman–Crippen MR) is 90.9 cm³/mol. The molecular weight excluding hydrogens is 336 g/mol. The lowest BCUT2D eigenvalue weighted by Gasteiger charge is -2.21. The number of hydrogen-bond donors (Lipinski definition) is 1. The molecule has 7 heteroatoms. The molecule has 3 heterocycles. The first-order valence-corrected chi connectivity index (χ1v) is 8.94. The van der Waals surface area contributed by atoms with E-state index in [0.29, 0.717) is 5.75 Å². The minimum atomic E-state index is -0.842. The molecule has 0 radical (unpaired) electrons. The standard InChI is InChI=1S/C19H22N2O5/c1-9-4-5-12(8-10(9)2)25-11(3)17(22)20-21-18(23)15-13-6-7-14(26-13)16(15)19(21)24/h4-5,8,11,13-16H,6-7H2,1-3H3,(H,20,22)/t11-,13-,14+,15+,16-/m1/s1. The topological polar surface area (TPSA) is 84.9 Å². The van der Waals surface area contributed by atoms with Gasteiger partial charge in [-0.2, -0.15) is 5.01 Å². The summed E-state index contributed by atoms with van der Waals surface area (Å²) in [4.78, 5) is 37.5. The van der Waals surface area contributed by atoms with Crippen molar-refractivity contribution in [1.82, 2.24) is 10.4 Å². The Morgan fingerprint density at radius 2 is 1.77 bits per heavy atom. The molecule has 0 unspecified atom stereocenters. The van der Waals surface area contributed by atoms with Crippen molar-refractivity contribution in [2.45, 2.75) is 51.9 Å². The Morgan fingerprint density at radius 1 is 1.15 bits per heavy atom. The van der Waals surface area contributed by atoms with Gasteiger partial charge >= 0.3 is 0 Å². The van der Waals surface area contributed by atoms with Gasteiger partial charge in [0.2, 0.25) is 0 Å². The number of carbonyl (C=O) groups is 3. The van der Waals surface area contributed by atoms with Gasteiger partial charge in [-0.05, 0) is 56.9 Å². The van der Waals surface area contributed by atoms with Gasteiger partial charge in [-0.15, -0.1) is 0 Å². The number of rotatable bonds is 4. The molecule has 5 atom stereocenters. The van der Waals surface area contributed by atoms with E-state index >= 15 is 0 Å². The van der Waals surface area contributed by atoms with Crippen molar-refractivity contribution >= 4 is 17.7 Å². The fourth-order valence-electron chi connectivity index (χ4n) is 4.07. The molecule has 7 nitrogen and oxygen atoms in total. The number of benzene rings is 1. The Balaban J connectivity index is 1.42. The number of carbonyl (C=O) groups excluding carboxylic acids is 3. The number of amides is 3. The Hall–Kier alpha value is -2.41. The molecule has 1 N–H and O–H groups in total. The number of hydrogen-bond acceptors (Lipinski definition) is 5. The molecule has 3 fully saturated rings. The molecule has 0 aromatic heterocycles. The Morgan fingerprint density at radius 3 is 2.35 bits per heavy atom. The van der Waals surface area contributed by atoms with Gasteiger partial charge < -0.3 is 9.47 Å². The lowest BCUT2D eigenvalue weighted by molar-refractivity contribution is -0.153. The largest absolute Gasteiger partial charge is 0.481 e. The third-order valence-corrected chi connectivity index (χ3v) is 5.67. The van der Waals surface area contributed by atoms with Crippen LogP contribution in [0.4, 0.5) is 0 Å².